The highest BCUT2D eigenvalue weighted by Crippen LogP contribution is 2.13. The number of hydrogen-bond acceptors (Lipinski definition) is 4. The molecule has 1 amide bonds. The predicted octanol–water partition coefficient (Wildman–Crippen LogP) is 1.83. The predicted molar refractivity (Wildman–Crippen MR) is 81.1 cm³/mol. The van der Waals surface area contributed by atoms with E-state index >= 15 is 0 Å². The van der Waals surface area contributed by atoms with Gasteiger partial charge in [-0.15, -0.1) is 0 Å². The molecule has 1 aromatic rings. The van der Waals surface area contributed by atoms with Gasteiger partial charge in [0.15, 0.2) is 0 Å². The second-order valence-corrected chi connectivity index (χ2v) is 5.94. The van der Waals surface area contributed by atoms with Crippen molar-refractivity contribution in [1.29, 1.82) is 0 Å². The standard InChI is InChI=1S/C16H26N2O3/c1-12(18-10-13(2)21-14(3)11-18)9-17-16(19)7-6-15-5-4-8-20-15/h4-5,8,12-14H,6-7,9-11H2,1-3H3,(H,17,19)/t12-,13-,14+/m1/s1. The molecule has 1 N–H and O–H groups in total. The first kappa shape index (κ1) is 16.0. The summed E-state index contributed by atoms with van der Waals surface area (Å²) in [6.07, 6.45) is 3.27. The van der Waals surface area contributed by atoms with Crippen LogP contribution in [-0.2, 0) is 16.0 Å². The molecule has 0 spiro atoms. The van der Waals surface area contributed by atoms with Crippen LogP contribution in [0.3, 0.4) is 0 Å². The number of carbonyl (C=O) groups excluding carboxylic acids is 1. The molecule has 0 aliphatic carbocycles. The second-order valence-electron chi connectivity index (χ2n) is 5.94. The van der Waals surface area contributed by atoms with Crippen molar-refractivity contribution < 1.29 is 13.9 Å². The molecule has 1 fully saturated rings. The first-order chi connectivity index (χ1) is 10.0. The maximum atomic E-state index is 11.9. The van der Waals surface area contributed by atoms with Crippen molar-refractivity contribution in [3.63, 3.8) is 0 Å². The zero-order chi connectivity index (χ0) is 15.2. The van der Waals surface area contributed by atoms with E-state index in [1.165, 1.54) is 0 Å². The van der Waals surface area contributed by atoms with Crippen LogP contribution in [0.25, 0.3) is 0 Å². The van der Waals surface area contributed by atoms with E-state index in [0.29, 0.717) is 25.4 Å². The number of nitrogens with zero attached hydrogens (tertiary/aromatic N) is 1. The molecule has 1 aliphatic heterocycles. The molecule has 0 unspecified atom stereocenters. The second kappa shape index (κ2) is 7.61. The van der Waals surface area contributed by atoms with Crippen molar-refractivity contribution in [1.82, 2.24) is 10.2 Å². The fourth-order valence-electron chi connectivity index (χ4n) is 2.75. The van der Waals surface area contributed by atoms with Crippen molar-refractivity contribution in [2.24, 2.45) is 0 Å². The van der Waals surface area contributed by atoms with Gasteiger partial charge in [0.25, 0.3) is 0 Å². The topological polar surface area (TPSA) is 54.7 Å². The van der Waals surface area contributed by atoms with E-state index in [4.69, 9.17) is 9.15 Å². The van der Waals surface area contributed by atoms with Gasteiger partial charge in [0.05, 0.1) is 18.5 Å². The van der Waals surface area contributed by atoms with E-state index in [1.807, 2.05) is 12.1 Å². The number of carbonyl (C=O) groups is 1. The van der Waals surface area contributed by atoms with Crippen molar-refractivity contribution in [2.45, 2.75) is 51.9 Å². The van der Waals surface area contributed by atoms with Gasteiger partial charge in [0.1, 0.15) is 5.76 Å². The zero-order valence-electron chi connectivity index (χ0n) is 13.2. The maximum absolute atomic E-state index is 11.9. The lowest BCUT2D eigenvalue weighted by Crippen LogP contribution is -2.52. The van der Waals surface area contributed by atoms with Gasteiger partial charge in [-0.05, 0) is 32.9 Å². The number of amides is 1. The van der Waals surface area contributed by atoms with Crippen LogP contribution >= 0.6 is 0 Å². The summed E-state index contributed by atoms with van der Waals surface area (Å²) < 4.78 is 11.0. The largest absolute Gasteiger partial charge is 0.469 e. The summed E-state index contributed by atoms with van der Waals surface area (Å²) in [5, 5.41) is 3.01. The molecule has 118 valence electrons. The highest BCUT2D eigenvalue weighted by Gasteiger charge is 2.25. The molecule has 0 bridgehead atoms. The third-order valence-electron chi connectivity index (χ3n) is 3.84. The highest BCUT2D eigenvalue weighted by atomic mass is 16.5. The van der Waals surface area contributed by atoms with Crippen LogP contribution in [0.2, 0.25) is 0 Å². The van der Waals surface area contributed by atoms with Crippen molar-refractivity contribution in [3.05, 3.63) is 24.2 Å². The maximum Gasteiger partial charge on any atom is 0.220 e. The van der Waals surface area contributed by atoms with Crippen LogP contribution < -0.4 is 5.32 Å². The summed E-state index contributed by atoms with van der Waals surface area (Å²) in [7, 11) is 0. The zero-order valence-corrected chi connectivity index (χ0v) is 13.2. The summed E-state index contributed by atoms with van der Waals surface area (Å²) in [4.78, 5) is 14.2. The van der Waals surface area contributed by atoms with Crippen molar-refractivity contribution >= 4 is 5.91 Å². The third-order valence-corrected chi connectivity index (χ3v) is 3.84. The van der Waals surface area contributed by atoms with Gasteiger partial charge in [-0.3, -0.25) is 9.69 Å². The summed E-state index contributed by atoms with van der Waals surface area (Å²) in [6, 6.07) is 4.06. The van der Waals surface area contributed by atoms with Gasteiger partial charge < -0.3 is 14.5 Å². The normalized spacial score (nSPS) is 24.7. The Kier molecular flexibility index (Phi) is 5.82. The number of rotatable bonds is 6. The van der Waals surface area contributed by atoms with Crippen LogP contribution in [0.1, 0.15) is 33.0 Å². The Balaban J connectivity index is 1.68. The van der Waals surface area contributed by atoms with E-state index in [-0.39, 0.29) is 18.1 Å². The number of aryl methyl sites for hydroxylation is 1. The Hall–Kier alpha value is -1.33. The lowest BCUT2D eigenvalue weighted by atomic mass is 10.1. The van der Waals surface area contributed by atoms with Gasteiger partial charge in [-0.25, -0.2) is 0 Å². The molecule has 2 heterocycles. The molecular formula is C16H26N2O3. The minimum Gasteiger partial charge on any atom is -0.469 e. The molecule has 21 heavy (non-hydrogen) atoms. The molecule has 1 aliphatic rings. The summed E-state index contributed by atoms with van der Waals surface area (Å²) in [5.41, 5.74) is 0. The molecule has 1 saturated heterocycles. The fourth-order valence-corrected chi connectivity index (χ4v) is 2.75. The Morgan fingerprint density at radius 1 is 1.43 bits per heavy atom. The minimum absolute atomic E-state index is 0.0765. The van der Waals surface area contributed by atoms with E-state index < -0.39 is 0 Å². The molecule has 0 radical (unpaired) electrons. The first-order valence-electron chi connectivity index (χ1n) is 7.73. The quantitative estimate of drug-likeness (QED) is 0.869. The van der Waals surface area contributed by atoms with E-state index in [1.54, 1.807) is 6.26 Å². The van der Waals surface area contributed by atoms with Crippen LogP contribution in [0.4, 0.5) is 0 Å². The Labute approximate surface area is 126 Å². The monoisotopic (exact) mass is 294 g/mol. The van der Waals surface area contributed by atoms with Crippen LogP contribution in [0.5, 0.6) is 0 Å². The Morgan fingerprint density at radius 3 is 2.76 bits per heavy atom. The lowest BCUT2D eigenvalue weighted by Gasteiger charge is -2.39. The number of morpholine rings is 1. The molecule has 0 saturated carbocycles. The highest BCUT2D eigenvalue weighted by molar-refractivity contribution is 5.76. The van der Waals surface area contributed by atoms with Crippen LogP contribution in [0.15, 0.2) is 22.8 Å². The average Bonchev–Trinajstić information content (AvgIpc) is 2.94. The Morgan fingerprint density at radius 2 is 2.14 bits per heavy atom. The van der Waals surface area contributed by atoms with Crippen molar-refractivity contribution in [3.8, 4) is 0 Å². The van der Waals surface area contributed by atoms with Crippen LogP contribution in [0, 0.1) is 0 Å². The smallest absolute Gasteiger partial charge is 0.220 e. The molecule has 3 atom stereocenters. The summed E-state index contributed by atoms with van der Waals surface area (Å²) in [6.45, 7) is 8.87. The SMILES string of the molecule is C[C@@H]1CN([C@H](C)CNC(=O)CCc2ccco2)C[C@H](C)O1. The first-order valence-corrected chi connectivity index (χ1v) is 7.73. The number of hydrogen-bond donors (Lipinski definition) is 1. The lowest BCUT2D eigenvalue weighted by molar-refractivity contribution is -0.121. The van der Waals surface area contributed by atoms with E-state index in [9.17, 15) is 4.79 Å². The molecule has 0 aromatic carbocycles. The Bertz CT molecular complexity index is 423. The molecule has 1 aromatic heterocycles. The number of nitrogens with one attached hydrogen (secondary N) is 1. The van der Waals surface area contributed by atoms with E-state index in [0.717, 1.165) is 18.8 Å². The van der Waals surface area contributed by atoms with Crippen LogP contribution in [-0.4, -0.2) is 48.7 Å². The van der Waals surface area contributed by atoms with Gasteiger partial charge in [0, 0.05) is 38.5 Å². The number of ether oxygens (including phenoxy) is 1. The summed E-state index contributed by atoms with van der Waals surface area (Å²) in [5.74, 6) is 0.932. The minimum atomic E-state index is 0.0765. The average molecular weight is 294 g/mol. The van der Waals surface area contributed by atoms with Crippen molar-refractivity contribution in [2.75, 3.05) is 19.6 Å². The number of furan rings is 1. The van der Waals surface area contributed by atoms with Gasteiger partial charge >= 0.3 is 0 Å². The van der Waals surface area contributed by atoms with Gasteiger partial charge in [-0.2, -0.15) is 0 Å². The summed E-state index contributed by atoms with van der Waals surface area (Å²) >= 11 is 0. The molecule has 5 nitrogen and oxygen atoms in total. The molecule has 5 heteroatoms. The van der Waals surface area contributed by atoms with Gasteiger partial charge in [0.2, 0.25) is 5.91 Å². The van der Waals surface area contributed by atoms with E-state index in [2.05, 4.69) is 31.0 Å². The molecular weight excluding hydrogens is 268 g/mol. The van der Waals surface area contributed by atoms with Gasteiger partial charge in [-0.1, -0.05) is 0 Å². The molecule has 2 rings (SSSR count). The third kappa shape index (κ3) is 5.17. The fraction of sp³-hybridized carbons (Fsp3) is 0.688.